The second kappa shape index (κ2) is 5.30. The van der Waals surface area contributed by atoms with Crippen LogP contribution in [0.2, 0.25) is 0 Å². The maximum atomic E-state index is 9.18. The Labute approximate surface area is 96.5 Å². The van der Waals surface area contributed by atoms with Crippen molar-refractivity contribution < 1.29 is 9.84 Å². The second-order valence-corrected chi connectivity index (χ2v) is 4.64. The normalized spacial score (nSPS) is 25.4. The number of nitrogens with zero attached hydrogens (tertiary/aromatic N) is 1. The van der Waals surface area contributed by atoms with Gasteiger partial charge in [0.25, 0.3) is 0 Å². The average molecular weight is 221 g/mol. The molecule has 1 aromatic rings. The molecule has 1 aromatic heterocycles. The molecule has 1 aliphatic carbocycles. The van der Waals surface area contributed by atoms with E-state index in [9.17, 15) is 5.11 Å². The number of rotatable bonds is 3. The molecule has 1 N–H and O–H groups in total. The average Bonchev–Trinajstić information content (AvgIpc) is 2.33. The van der Waals surface area contributed by atoms with Crippen LogP contribution in [0.15, 0.2) is 18.5 Å². The van der Waals surface area contributed by atoms with Gasteiger partial charge >= 0.3 is 0 Å². The van der Waals surface area contributed by atoms with E-state index in [1.807, 2.05) is 0 Å². The van der Waals surface area contributed by atoms with Crippen molar-refractivity contribution in [3.63, 3.8) is 0 Å². The third kappa shape index (κ3) is 2.73. The molecule has 1 aliphatic rings. The maximum Gasteiger partial charge on any atom is 0.143 e. The van der Waals surface area contributed by atoms with Crippen LogP contribution >= 0.6 is 0 Å². The van der Waals surface area contributed by atoms with Crippen LogP contribution in [0.25, 0.3) is 0 Å². The lowest BCUT2D eigenvalue weighted by atomic mass is 9.89. The van der Waals surface area contributed by atoms with E-state index in [1.165, 1.54) is 12.8 Å². The summed E-state index contributed by atoms with van der Waals surface area (Å²) in [4.78, 5) is 4.04. The summed E-state index contributed by atoms with van der Waals surface area (Å²) in [6, 6.07) is 1.81. The molecule has 0 radical (unpaired) electrons. The van der Waals surface area contributed by atoms with Gasteiger partial charge in [0.1, 0.15) is 5.75 Å². The SMILES string of the molecule is CC1CCC(Oc2cnccc2CO)CC1. The van der Waals surface area contributed by atoms with Crippen molar-refractivity contribution in [1.29, 1.82) is 0 Å². The number of aliphatic hydroxyl groups excluding tert-OH is 1. The van der Waals surface area contributed by atoms with Gasteiger partial charge in [0, 0.05) is 11.8 Å². The number of hydrogen-bond donors (Lipinski definition) is 1. The molecule has 0 aliphatic heterocycles. The van der Waals surface area contributed by atoms with Crippen LogP contribution in [0.4, 0.5) is 0 Å². The van der Waals surface area contributed by atoms with Gasteiger partial charge in [0.15, 0.2) is 0 Å². The molecule has 0 spiro atoms. The van der Waals surface area contributed by atoms with Gasteiger partial charge in [0.2, 0.25) is 0 Å². The molecule has 2 rings (SSSR count). The Kier molecular flexibility index (Phi) is 3.78. The van der Waals surface area contributed by atoms with Crippen LogP contribution in [-0.2, 0) is 6.61 Å². The Bertz CT molecular complexity index is 332. The Hall–Kier alpha value is -1.09. The summed E-state index contributed by atoms with van der Waals surface area (Å²) in [6.07, 6.45) is 8.37. The Balaban J connectivity index is 1.98. The van der Waals surface area contributed by atoms with Gasteiger partial charge in [-0.05, 0) is 37.7 Å². The number of aliphatic hydroxyl groups is 1. The van der Waals surface area contributed by atoms with Crippen LogP contribution in [-0.4, -0.2) is 16.2 Å². The second-order valence-electron chi connectivity index (χ2n) is 4.64. The molecule has 1 saturated carbocycles. The first-order chi connectivity index (χ1) is 7.79. The third-order valence-electron chi connectivity index (χ3n) is 3.30. The summed E-state index contributed by atoms with van der Waals surface area (Å²) < 4.78 is 5.90. The van der Waals surface area contributed by atoms with E-state index in [2.05, 4.69) is 11.9 Å². The van der Waals surface area contributed by atoms with Gasteiger partial charge in [-0.2, -0.15) is 0 Å². The van der Waals surface area contributed by atoms with Gasteiger partial charge < -0.3 is 9.84 Å². The van der Waals surface area contributed by atoms with E-state index in [0.717, 1.165) is 30.1 Å². The minimum absolute atomic E-state index is 0.0149. The highest BCUT2D eigenvalue weighted by Crippen LogP contribution is 2.28. The van der Waals surface area contributed by atoms with Crippen molar-refractivity contribution in [2.24, 2.45) is 5.92 Å². The first kappa shape index (κ1) is 11.4. The molecule has 1 fully saturated rings. The van der Waals surface area contributed by atoms with Crippen molar-refractivity contribution >= 4 is 0 Å². The number of ether oxygens (including phenoxy) is 1. The van der Waals surface area contributed by atoms with Crippen molar-refractivity contribution in [2.45, 2.75) is 45.3 Å². The van der Waals surface area contributed by atoms with Gasteiger partial charge in [-0.3, -0.25) is 4.98 Å². The number of aromatic nitrogens is 1. The molecule has 0 bridgehead atoms. The lowest BCUT2D eigenvalue weighted by Crippen LogP contribution is -2.23. The molecule has 0 saturated heterocycles. The summed E-state index contributed by atoms with van der Waals surface area (Å²) in [5.74, 6) is 1.57. The van der Waals surface area contributed by atoms with E-state index < -0.39 is 0 Å². The van der Waals surface area contributed by atoms with Crippen LogP contribution in [0.3, 0.4) is 0 Å². The summed E-state index contributed by atoms with van der Waals surface area (Å²) >= 11 is 0. The van der Waals surface area contributed by atoms with Gasteiger partial charge in [-0.15, -0.1) is 0 Å². The first-order valence-electron chi connectivity index (χ1n) is 6.00. The summed E-state index contributed by atoms with van der Waals surface area (Å²) in [5.41, 5.74) is 0.827. The molecular weight excluding hydrogens is 202 g/mol. The highest BCUT2D eigenvalue weighted by atomic mass is 16.5. The predicted molar refractivity (Wildman–Crippen MR) is 62.2 cm³/mol. The van der Waals surface area contributed by atoms with E-state index in [0.29, 0.717) is 6.10 Å². The van der Waals surface area contributed by atoms with Crippen LogP contribution in [0, 0.1) is 5.92 Å². The fraction of sp³-hybridized carbons (Fsp3) is 0.615. The van der Waals surface area contributed by atoms with Crippen molar-refractivity contribution in [1.82, 2.24) is 4.98 Å². The highest BCUT2D eigenvalue weighted by Gasteiger charge is 2.20. The number of hydrogen-bond acceptors (Lipinski definition) is 3. The standard InChI is InChI=1S/C13H19NO2/c1-10-2-4-12(5-3-10)16-13-8-14-7-6-11(13)9-15/h6-8,10,12,15H,2-5,9H2,1H3. The molecule has 3 nitrogen and oxygen atoms in total. The monoisotopic (exact) mass is 221 g/mol. The zero-order valence-electron chi connectivity index (χ0n) is 9.72. The lowest BCUT2D eigenvalue weighted by Gasteiger charge is -2.27. The molecule has 0 atom stereocenters. The zero-order chi connectivity index (χ0) is 11.4. The topological polar surface area (TPSA) is 42.4 Å². The summed E-state index contributed by atoms with van der Waals surface area (Å²) in [5, 5.41) is 9.18. The van der Waals surface area contributed by atoms with Gasteiger partial charge in [-0.1, -0.05) is 6.92 Å². The first-order valence-corrected chi connectivity index (χ1v) is 6.00. The predicted octanol–water partition coefficient (Wildman–Crippen LogP) is 2.53. The quantitative estimate of drug-likeness (QED) is 0.852. The van der Waals surface area contributed by atoms with Crippen LogP contribution < -0.4 is 4.74 Å². The fourth-order valence-electron chi connectivity index (χ4n) is 2.17. The molecular formula is C13H19NO2. The van der Waals surface area contributed by atoms with E-state index in [1.54, 1.807) is 18.5 Å². The molecule has 0 aromatic carbocycles. The highest BCUT2D eigenvalue weighted by molar-refractivity contribution is 5.29. The Morgan fingerprint density at radius 2 is 2.12 bits per heavy atom. The molecule has 0 amide bonds. The molecule has 88 valence electrons. The number of pyridine rings is 1. The minimum Gasteiger partial charge on any atom is -0.488 e. The van der Waals surface area contributed by atoms with Gasteiger partial charge in [-0.25, -0.2) is 0 Å². The Morgan fingerprint density at radius 1 is 1.38 bits per heavy atom. The fourth-order valence-corrected chi connectivity index (χ4v) is 2.17. The van der Waals surface area contributed by atoms with Crippen LogP contribution in [0.5, 0.6) is 5.75 Å². The molecule has 1 heterocycles. The molecule has 16 heavy (non-hydrogen) atoms. The summed E-state index contributed by atoms with van der Waals surface area (Å²) in [6.45, 7) is 2.31. The van der Waals surface area contributed by atoms with E-state index in [4.69, 9.17) is 4.74 Å². The zero-order valence-corrected chi connectivity index (χ0v) is 9.72. The molecule has 3 heteroatoms. The Morgan fingerprint density at radius 3 is 2.81 bits per heavy atom. The minimum atomic E-state index is 0.0149. The van der Waals surface area contributed by atoms with Gasteiger partial charge in [0.05, 0.1) is 18.9 Å². The largest absolute Gasteiger partial charge is 0.488 e. The summed E-state index contributed by atoms with van der Waals surface area (Å²) in [7, 11) is 0. The van der Waals surface area contributed by atoms with Crippen molar-refractivity contribution in [3.05, 3.63) is 24.0 Å². The maximum absolute atomic E-state index is 9.18. The van der Waals surface area contributed by atoms with E-state index >= 15 is 0 Å². The lowest BCUT2D eigenvalue weighted by molar-refractivity contribution is 0.131. The van der Waals surface area contributed by atoms with E-state index in [-0.39, 0.29) is 6.61 Å². The third-order valence-corrected chi connectivity index (χ3v) is 3.30. The van der Waals surface area contributed by atoms with Crippen molar-refractivity contribution in [3.8, 4) is 5.75 Å². The van der Waals surface area contributed by atoms with Crippen LogP contribution in [0.1, 0.15) is 38.2 Å². The van der Waals surface area contributed by atoms with Crippen molar-refractivity contribution in [2.75, 3.05) is 0 Å². The smallest absolute Gasteiger partial charge is 0.143 e. The molecule has 0 unspecified atom stereocenters.